The monoisotopic (exact) mass is 302 g/mol. The van der Waals surface area contributed by atoms with Gasteiger partial charge in [0.25, 0.3) is 0 Å². The Morgan fingerprint density at radius 1 is 1.18 bits per heavy atom. The molecule has 2 fully saturated rings. The molecule has 22 heavy (non-hydrogen) atoms. The number of nitrogens with two attached hydrogens (primary N) is 1. The number of carbonyl (C=O) groups excluding carboxylic acids is 1. The molecule has 0 atom stereocenters. The number of hydrogen-bond acceptors (Lipinski definition) is 3. The summed E-state index contributed by atoms with van der Waals surface area (Å²) in [6, 6.07) is 8.69. The third-order valence-electron chi connectivity index (χ3n) is 5.19. The van der Waals surface area contributed by atoms with Crippen LogP contribution in [0.3, 0.4) is 0 Å². The number of hydrogen-bond donors (Lipinski definition) is 1. The Morgan fingerprint density at radius 2 is 1.77 bits per heavy atom. The maximum atomic E-state index is 13.3. The molecule has 3 rings (SSSR count). The van der Waals surface area contributed by atoms with Crippen LogP contribution in [0.4, 0.5) is 0 Å². The minimum Gasteiger partial charge on any atom is -0.381 e. The Balaban J connectivity index is 1.88. The van der Waals surface area contributed by atoms with E-state index in [4.69, 9.17) is 10.5 Å². The summed E-state index contributed by atoms with van der Waals surface area (Å²) in [5, 5.41) is 0. The summed E-state index contributed by atoms with van der Waals surface area (Å²) in [6.07, 6.45) is 3.37. The van der Waals surface area contributed by atoms with Gasteiger partial charge in [0.2, 0.25) is 5.91 Å². The lowest BCUT2D eigenvalue weighted by atomic mass is 9.72. The summed E-state index contributed by atoms with van der Waals surface area (Å²) in [4.78, 5) is 15.3. The number of likely N-dealkylation sites (tertiary alicyclic amines) is 1. The highest BCUT2D eigenvalue weighted by Crippen LogP contribution is 2.37. The largest absolute Gasteiger partial charge is 0.381 e. The van der Waals surface area contributed by atoms with Crippen LogP contribution in [0.5, 0.6) is 0 Å². The van der Waals surface area contributed by atoms with Gasteiger partial charge in [0.15, 0.2) is 0 Å². The summed E-state index contributed by atoms with van der Waals surface area (Å²) in [7, 11) is 0. The lowest BCUT2D eigenvalue weighted by Gasteiger charge is -2.42. The maximum absolute atomic E-state index is 13.3. The van der Waals surface area contributed by atoms with E-state index in [1.807, 2.05) is 4.90 Å². The Hall–Kier alpha value is -1.39. The van der Waals surface area contributed by atoms with Gasteiger partial charge < -0.3 is 15.4 Å². The van der Waals surface area contributed by atoms with E-state index in [1.165, 1.54) is 5.56 Å². The summed E-state index contributed by atoms with van der Waals surface area (Å²) in [5.74, 6) is 0.270. The van der Waals surface area contributed by atoms with Gasteiger partial charge >= 0.3 is 0 Å². The van der Waals surface area contributed by atoms with E-state index in [1.54, 1.807) is 0 Å². The summed E-state index contributed by atoms with van der Waals surface area (Å²) in [5.41, 5.74) is 7.93. The Kier molecular flexibility index (Phi) is 4.50. The Labute approximate surface area is 132 Å². The fraction of sp³-hybridized carbons (Fsp3) is 0.611. The number of carbonyl (C=O) groups is 1. The van der Waals surface area contributed by atoms with Crippen LogP contribution in [0.15, 0.2) is 24.3 Å². The fourth-order valence-corrected chi connectivity index (χ4v) is 3.62. The molecule has 2 saturated heterocycles. The SMILES string of the molecule is Cc1ccc(C2(C(=O)N3CCC(N)CC3)CCOCC2)cc1. The number of aryl methyl sites for hydroxylation is 1. The standard InChI is InChI=1S/C18H26N2O2/c1-14-2-4-15(5-3-14)18(8-12-22-13-9-18)17(21)20-10-6-16(19)7-11-20/h2-5,16H,6-13,19H2,1H3. The zero-order valence-corrected chi connectivity index (χ0v) is 13.4. The van der Waals surface area contributed by atoms with Gasteiger partial charge in [0.05, 0.1) is 5.41 Å². The number of rotatable bonds is 2. The van der Waals surface area contributed by atoms with E-state index < -0.39 is 5.41 Å². The molecule has 120 valence electrons. The third kappa shape index (κ3) is 2.90. The molecule has 4 heteroatoms. The average molecular weight is 302 g/mol. The molecule has 4 nitrogen and oxygen atoms in total. The maximum Gasteiger partial charge on any atom is 0.233 e. The minimum absolute atomic E-state index is 0.245. The highest BCUT2D eigenvalue weighted by atomic mass is 16.5. The number of nitrogens with zero attached hydrogens (tertiary/aromatic N) is 1. The molecular weight excluding hydrogens is 276 g/mol. The quantitative estimate of drug-likeness (QED) is 0.909. The molecule has 0 bridgehead atoms. The first-order valence-corrected chi connectivity index (χ1v) is 8.32. The van der Waals surface area contributed by atoms with Gasteiger partial charge in [-0.2, -0.15) is 0 Å². The predicted octanol–water partition coefficient (Wildman–Crippen LogP) is 1.99. The average Bonchev–Trinajstić information content (AvgIpc) is 2.56. The molecule has 0 unspecified atom stereocenters. The van der Waals surface area contributed by atoms with Crippen LogP contribution >= 0.6 is 0 Å². The molecule has 1 aromatic rings. The van der Waals surface area contributed by atoms with Crippen molar-refractivity contribution in [1.29, 1.82) is 0 Å². The summed E-state index contributed by atoms with van der Waals surface area (Å²) >= 11 is 0. The van der Waals surface area contributed by atoms with E-state index in [2.05, 4.69) is 31.2 Å². The fourth-order valence-electron chi connectivity index (χ4n) is 3.62. The minimum atomic E-state index is -0.409. The van der Waals surface area contributed by atoms with Crippen LogP contribution in [-0.2, 0) is 14.9 Å². The van der Waals surface area contributed by atoms with Crippen molar-refractivity contribution in [3.63, 3.8) is 0 Å². The molecule has 0 spiro atoms. The normalized spacial score (nSPS) is 22.5. The van der Waals surface area contributed by atoms with Crippen molar-refractivity contribution >= 4 is 5.91 Å². The molecule has 2 aliphatic heterocycles. The lowest BCUT2D eigenvalue weighted by molar-refractivity contribution is -0.142. The van der Waals surface area contributed by atoms with Crippen molar-refractivity contribution in [2.75, 3.05) is 26.3 Å². The second-order valence-electron chi connectivity index (χ2n) is 6.69. The zero-order chi connectivity index (χ0) is 15.6. The van der Waals surface area contributed by atoms with E-state index in [0.29, 0.717) is 13.2 Å². The Morgan fingerprint density at radius 3 is 2.36 bits per heavy atom. The summed E-state index contributed by atoms with van der Waals surface area (Å²) < 4.78 is 5.53. The van der Waals surface area contributed by atoms with Crippen molar-refractivity contribution in [3.05, 3.63) is 35.4 Å². The topological polar surface area (TPSA) is 55.6 Å². The van der Waals surface area contributed by atoms with E-state index in [-0.39, 0.29) is 11.9 Å². The van der Waals surface area contributed by atoms with Gasteiger partial charge in [-0.05, 0) is 38.2 Å². The molecule has 0 aromatic heterocycles. The molecule has 1 aromatic carbocycles. The molecule has 0 saturated carbocycles. The Bertz CT molecular complexity index is 512. The number of benzene rings is 1. The lowest BCUT2D eigenvalue weighted by Crippen LogP contribution is -2.53. The van der Waals surface area contributed by atoms with Crippen LogP contribution in [0.1, 0.15) is 36.8 Å². The van der Waals surface area contributed by atoms with Gasteiger partial charge in [-0.3, -0.25) is 4.79 Å². The smallest absolute Gasteiger partial charge is 0.233 e. The second kappa shape index (κ2) is 6.39. The number of amides is 1. The molecule has 1 amide bonds. The molecule has 0 radical (unpaired) electrons. The van der Waals surface area contributed by atoms with Crippen molar-refractivity contribution in [1.82, 2.24) is 4.90 Å². The second-order valence-corrected chi connectivity index (χ2v) is 6.69. The molecule has 2 aliphatic rings. The van der Waals surface area contributed by atoms with Crippen LogP contribution < -0.4 is 5.73 Å². The first-order chi connectivity index (χ1) is 10.6. The van der Waals surface area contributed by atoms with Crippen molar-refractivity contribution < 1.29 is 9.53 Å². The van der Waals surface area contributed by atoms with Crippen LogP contribution in [-0.4, -0.2) is 43.2 Å². The predicted molar refractivity (Wildman–Crippen MR) is 86.7 cm³/mol. The van der Waals surface area contributed by atoms with Crippen molar-refractivity contribution in [3.8, 4) is 0 Å². The van der Waals surface area contributed by atoms with Crippen LogP contribution in [0.25, 0.3) is 0 Å². The molecular formula is C18H26N2O2. The number of piperidine rings is 1. The molecule has 0 aliphatic carbocycles. The van der Waals surface area contributed by atoms with Crippen LogP contribution in [0, 0.1) is 6.92 Å². The van der Waals surface area contributed by atoms with Gasteiger partial charge in [0.1, 0.15) is 0 Å². The first-order valence-electron chi connectivity index (χ1n) is 8.32. The highest BCUT2D eigenvalue weighted by Gasteiger charge is 2.44. The van der Waals surface area contributed by atoms with Crippen molar-refractivity contribution in [2.24, 2.45) is 5.73 Å². The first kappa shape index (κ1) is 15.5. The van der Waals surface area contributed by atoms with Gasteiger partial charge in [-0.1, -0.05) is 29.8 Å². The van der Waals surface area contributed by atoms with E-state index in [0.717, 1.165) is 44.3 Å². The van der Waals surface area contributed by atoms with E-state index in [9.17, 15) is 4.79 Å². The van der Waals surface area contributed by atoms with Gasteiger partial charge in [-0.15, -0.1) is 0 Å². The van der Waals surface area contributed by atoms with Crippen molar-refractivity contribution in [2.45, 2.75) is 44.1 Å². The zero-order valence-electron chi connectivity index (χ0n) is 13.4. The third-order valence-corrected chi connectivity index (χ3v) is 5.19. The number of ether oxygens (including phenoxy) is 1. The highest BCUT2D eigenvalue weighted by molar-refractivity contribution is 5.88. The summed E-state index contributed by atoms with van der Waals surface area (Å²) in [6.45, 7) is 4.97. The van der Waals surface area contributed by atoms with E-state index >= 15 is 0 Å². The molecule has 2 N–H and O–H groups in total. The van der Waals surface area contributed by atoms with Crippen LogP contribution in [0.2, 0.25) is 0 Å². The molecule has 2 heterocycles. The van der Waals surface area contributed by atoms with Gasteiger partial charge in [0, 0.05) is 32.3 Å². The van der Waals surface area contributed by atoms with Gasteiger partial charge in [-0.25, -0.2) is 0 Å².